The molecule has 1 fully saturated rings. The van der Waals surface area contributed by atoms with Gasteiger partial charge in [0, 0.05) is 18.4 Å². The lowest BCUT2D eigenvalue weighted by Crippen LogP contribution is -2.30. The van der Waals surface area contributed by atoms with E-state index in [1.807, 2.05) is 13.8 Å². The van der Waals surface area contributed by atoms with E-state index < -0.39 is 18.0 Å². The first-order chi connectivity index (χ1) is 11.5. The number of cyclic esters (lactones) is 1. The molecule has 1 aromatic heterocycles. The van der Waals surface area contributed by atoms with E-state index >= 15 is 0 Å². The summed E-state index contributed by atoms with van der Waals surface area (Å²) in [5.41, 5.74) is -0.221. The highest BCUT2D eigenvalue weighted by molar-refractivity contribution is 6.02. The average Bonchev–Trinajstić information content (AvgIpc) is 2.94. The van der Waals surface area contributed by atoms with E-state index in [9.17, 15) is 14.4 Å². The van der Waals surface area contributed by atoms with Gasteiger partial charge in [-0.2, -0.15) is 5.10 Å². The topological polar surface area (TPSA) is 87.5 Å². The van der Waals surface area contributed by atoms with Crippen molar-refractivity contribution in [3.63, 3.8) is 0 Å². The van der Waals surface area contributed by atoms with Crippen LogP contribution in [0.2, 0.25) is 0 Å². The Bertz CT molecular complexity index is 856. The summed E-state index contributed by atoms with van der Waals surface area (Å²) >= 11 is 0. The van der Waals surface area contributed by atoms with Crippen LogP contribution in [0, 0.1) is 5.92 Å². The van der Waals surface area contributed by atoms with E-state index in [4.69, 9.17) is 9.47 Å². The second-order valence-corrected chi connectivity index (χ2v) is 6.13. The Hall–Kier alpha value is -2.70. The maximum Gasteiger partial charge on any atom is 0.360 e. The molecule has 0 amide bonds. The molecule has 2 aromatic rings. The number of fused-ring (bicyclic) bond motifs is 1. The maximum atomic E-state index is 12.5. The number of rotatable bonds is 4. The molecule has 1 saturated heterocycles. The Morgan fingerprint density at radius 1 is 1.33 bits per heavy atom. The number of benzene rings is 1. The summed E-state index contributed by atoms with van der Waals surface area (Å²) in [5, 5.41) is 5.00. The number of carbonyl (C=O) groups is 2. The number of aromatic nitrogens is 2. The lowest BCUT2D eigenvalue weighted by atomic mass is 10.1. The molecule has 0 unspecified atom stereocenters. The van der Waals surface area contributed by atoms with E-state index in [1.165, 1.54) is 4.68 Å². The molecular weight excluding hydrogens is 312 g/mol. The van der Waals surface area contributed by atoms with E-state index in [0.717, 1.165) is 0 Å². The van der Waals surface area contributed by atoms with Crippen molar-refractivity contribution in [3.05, 3.63) is 40.3 Å². The van der Waals surface area contributed by atoms with Crippen LogP contribution >= 0.6 is 0 Å². The number of ether oxygens (including phenoxy) is 2. The van der Waals surface area contributed by atoms with Crippen LogP contribution < -0.4 is 5.56 Å². The molecule has 0 aliphatic carbocycles. The van der Waals surface area contributed by atoms with Crippen LogP contribution in [-0.2, 0) is 20.8 Å². The van der Waals surface area contributed by atoms with Crippen molar-refractivity contribution in [1.82, 2.24) is 9.78 Å². The third kappa shape index (κ3) is 3.02. The zero-order chi connectivity index (χ0) is 17.3. The van der Waals surface area contributed by atoms with E-state index in [2.05, 4.69) is 5.10 Å². The van der Waals surface area contributed by atoms with Crippen LogP contribution in [0.5, 0.6) is 0 Å². The Morgan fingerprint density at radius 2 is 2.04 bits per heavy atom. The van der Waals surface area contributed by atoms with Crippen LogP contribution in [0.1, 0.15) is 30.8 Å². The van der Waals surface area contributed by atoms with Gasteiger partial charge in [0.25, 0.3) is 5.56 Å². The highest BCUT2D eigenvalue weighted by atomic mass is 16.6. The predicted octanol–water partition coefficient (Wildman–Crippen LogP) is 1.52. The van der Waals surface area contributed by atoms with E-state index in [0.29, 0.717) is 23.7 Å². The molecule has 0 saturated carbocycles. The van der Waals surface area contributed by atoms with Crippen LogP contribution in [0.15, 0.2) is 29.1 Å². The van der Waals surface area contributed by atoms with Crippen molar-refractivity contribution in [2.75, 3.05) is 6.61 Å². The smallest absolute Gasteiger partial charge is 0.360 e. The van der Waals surface area contributed by atoms with E-state index in [-0.39, 0.29) is 23.8 Å². The van der Waals surface area contributed by atoms with Crippen molar-refractivity contribution < 1.29 is 19.1 Å². The highest BCUT2D eigenvalue weighted by Gasteiger charge is 2.31. The molecular formula is C17H18N2O5. The van der Waals surface area contributed by atoms with Crippen molar-refractivity contribution in [1.29, 1.82) is 0 Å². The molecule has 0 N–H and O–H groups in total. The lowest BCUT2D eigenvalue weighted by Gasteiger charge is -2.13. The van der Waals surface area contributed by atoms with Crippen LogP contribution in [0.3, 0.4) is 0 Å². The fraction of sp³-hybridized carbons (Fsp3) is 0.412. The number of nitrogens with zero attached hydrogens (tertiary/aromatic N) is 2. The molecule has 0 spiro atoms. The summed E-state index contributed by atoms with van der Waals surface area (Å²) in [5.74, 6) is -1.10. The minimum absolute atomic E-state index is 0.0329. The van der Waals surface area contributed by atoms with Gasteiger partial charge in [-0.1, -0.05) is 32.0 Å². The molecule has 7 nitrogen and oxygen atoms in total. The normalized spacial score (nSPS) is 17.3. The first-order valence-electron chi connectivity index (χ1n) is 7.85. The van der Waals surface area contributed by atoms with Gasteiger partial charge in [0.15, 0.2) is 5.69 Å². The number of carbonyl (C=O) groups excluding carboxylic acids is 2. The van der Waals surface area contributed by atoms with Gasteiger partial charge in [0.1, 0.15) is 0 Å². The van der Waals surface area contributed by atoms with Gasteiger partial charge in [-0.3, -0.25) is 4.79 Å². The van der Waals surface area contributed by atoms with Gasteiger partial charge in [0.2, 0.25) is 6.10 Å². The summed E-state index contributed by atoms with van der Waals surface area (Å²) < 4.78 is 11.3. The second kappa shape index (κ2) is 6.43. The SMILES string of the molecule is CC(C)Cn1nc(C(=O)O[C@@H]2CCOC2=O)c2ccccc2c1=O. The molecule has 2 heterocycles. The predicted molar refractivity (Wildman–Crippen MR) is 85.6 cm³/mol. The summed E-state index contributed by atoms with van der Waals surface area (Å²) in [7, 11) is 0. The quantitative estimate of drug-likeness (QED) is 0.790. The van der Waals surface area contributed by atoms with Gasteiger partial charge >= 0.3 is 11.9 Å². The minimum atomic E-state index is -0.913. The molecule has 1 aliphatic rings. The van der Waals surface area contributed by atoms with Gasteiger partial charge < -0.3 is 9.47 Å². The van der Waals surface area contributed by atoms with Crippen molar-refractivity contribution in [2.24, 2.45) is 5.92 Å². The summed E-state index contributed by atoms with van der Waals surface area (Å²) in [6.07, 6.45) is -0.586. The Labute approximate surface area is 138 Å². The van der Waals surface area contributed by atoms with Crippen LogP contribution in [0.4, 0.5) is 0 Å². The summed E-state index contributed by atoms with van der Waals surface area (Å²) in [4.78, 5) is 36.5. The van der Waals surface area contributed by atoms with Crippen LogP contribution in [0.25, 0.3) is 10.8 Å². The standard InChI is InChI=1S/C17H18N2O5/c1-10(2)9-19-15(20)12-6-4-3-5-11(12)14(18-19)17(22)24-13-7-8-23-16(13)21/h3-6,10,13H,7-9H2,1-2H3/t13-/m1/s1. The van der Waals surface area contributed by atoms with Gasteiger partial charge in [0.05, 0.1) is 12.0 Å². The molecule has 3 rings (SSSR count). The van der Waals surface area contributed by atoms with E-state index in [1.54, 1.807) is 24.3 Å². The third-order valence-electron chi connectivity index (χ3n) is 3.74. The summed E-state index contributed by atoms with van der Waals surface area (Å²) in [6, 6.07) is 6.74. The molecule has 1 aliphatic heterocycles. The van der Waals surface area contributed by atoms with Gasteiger partial charge in [-0.05, 0) is 12.0 Å². The average molecular weight is 330 g/mol. The first kappa shape index (κ1) is 16.2. The third-order valence-corrected chi connectivity index (χ3v) is 3.74. The van der Waals surface area contributed by atoms with Crippen molar-refractivity contribution in [3.8, 4) is 0 Å². The zero-order valence-corrected chi connectivity index (χ0v) is 13.5. The Balaban J connectivity index is 2.05. The Kier molecular flexibility index (Phi) is 4.33. The molecule has 126 valence electrons. The molecule has 7 heteroatoms. The Morgan fingerprint density at radius 3 is 2.67 bits per heavy atom. The number of esters is 2. The zero-order valence-electron chi connectivity index (χ0n) is 13.5. The molecule has 24 heavy (non-hydrogen) atoms. The summed E-state index contributed by atoms with van der Waals surface area (Å²) in [6.45, 7) is 4.53. The van der Waals surface area contributed by atoms with Crippen molar-refractivity contribution >= 4 is 22.7 Å². The molecule has 1 aromatic carbocycles. The fourth-order valence-corrected chi connectivity index (χ4v) is 2.62. The molecule has 0 radical (unpaired) electrons. The lowest BCUT2D eigenvalue weighted by molar-refractivity contribution is -0.145. The molecule has 0 bridgehead atoms. The van der Waals surface area contributed by atoms with Gasteiger partial charge in [-0.15, -0.1) is 0 Å². The number of hydrogen-bond acceptors (Lipinski definition) is 6. The first-order valence-corrected chi connectivity index (χ1v) is 7.85. The second-order valence-electron chi connectivity index (χ2n) is 6.13. The highest BCUT2D eigenvalue weighted by Crippen LogP contribution is 2.18. The van der Waals surface area contributed by atoms with Gasteiger partial charge in [-0.25, -0.2) is 14.3 Å². The fourth-order valence-electron chi connectivity index (χ4n) is 2.62. The maximum absolute atomic E-state index is 12.5. The van der Waals surface area contributed by atoms with Crippen LogP contribution in [-0.4, -0.2) is 34.4 Å². The minimum Gasteiger partial charge on any atom is -0.463 e. The monoisotopic (exact) mass is 330 g/mol. The molecule has 1 atom stereocenters. The largest absolute Gasteiger partial charge is 0.463 e. The number of hydrogen-bond donors (Lipinski definition) is 0. The van der Waals surface area contributed by atoms with Crippen molar-refractivity contribution in [2.45, 2.75) is 32.9 Å².